The first-order valence-corrected chi connectivity index (χ1v) is 10.6. The monoisotopic (exact) mass is 422 g/mol. The third-order valence-corrected chi connectivity index (χ3v) is 5.60. The van der Waals surface area contributed by atoms with Gasteiger partial charge < -0.3 is 14.3 Å². The van der Waals surface area contributed by atoms with Crippen LogP contribution in [-0.2, 0) is 17.8 Å². The molecule has 7 nitrogen and oxygen atoms in total. The summed E-state index contributed by atoms with van der Waals surface area (Å²) < 4.78 is 7.33. The van der Waals surface area contributed by atoms with Crippen molar-refractivity contribution in [2.75, 3.05) is 11.9 Å². The van der Waals surface area contributed by atoms with Crippen LogP contribution in [0.25, 0.3) is 10.9 Å². The normalized spacial score (nSPS) is 11.0. The number of anilines is 1. The summed E-state index contributed by atoms with van der Waals surface area (Å²) in [7, 11) is 0. The Bertz CT molecular complexity index is 1170. The average Bonchev–Trinajstić information content (AvgIpc) is 3.46. The molecule has 0 radical (unpaired) electrons. The maximum absolute atomic E-state index is 12.2. The average molecular weight is 423 g/mol. The van der Waals surface area contributed by atoms with E-state index in [0.29, 0.717) is 28.7 Å². The van der Waals surface area contributed by atoms with Crippen molar-refractivity contribution < 1.29 is 14.0 Å². The molecule has 4 aromatic rings. The Morgan fingerprint density at radius 1 is 1.20 bits per heavy atom. The molecule has 8 heteroatoms. The number of hydrogen-bond acceptors (Lipinski definition) is 5. The summed E-state index contributed by atoms with van der Waals surface area (Å²) in [6, 6.07) is 12.0. The summed E-state index contributed by atoms with van der Waals surface area (Å²) in [4.78, 5) is 28.7. The molecule has 2 amide bonds. The number of furan rings is 1. The summed E-state index contributed by atoms with van der Waals surface area (Å²) >= 11 is 1.29. The van der Waals surface area contributed by atoms with Crippen LogP contribution in [0, 0.1) is 6.92 Å². The fourth-order valence-electron chi connectivity index (χ4n) is 3.27. The van der Waals surface area contributed by atoms with Gasteiger partial charge in [-0.2, -0.15) is 0 Å². The number of aryl methyl sites for hydroxylation is 2. The van der Waals surface area contributed by atoms with Crippen molar-refractivity contribution in [1.29, 1.82) is 0 Å². The number of benzene rings is 1. The van der Waals surface area contributed by atoms with Gasteiger partial charge in [-0.1, -0.05) is 18.2 Å². The topological polar surface area (TPSA) is 89.2 Å². The van der Waals surface area contributed by atoms with Crippen LogP contribution < -0.4 is 10.6 Å². The molecule has 30 heavy (non-hydrogen) atoms. The smallest absolute Gasteiger partial charge is 0.260 e. The molecule has 0 aliphatic rings. The first-order chi connectivity index (χ1) is 14.6. The number of carbonyl (C=O) groups excluding carboxylic acids is 2. The van der Waals surface area contributed by atoms with Crippen LogP contribution >= 0.6 is 11.3 Å². The van der Waals surface area contributed by atoms with Gasteiger partial charge in [0.15, 0.2) is 5.13 Å². The van der Waals surface area contributed by atoms with E-state index in [1.54, 1.807) is 18.4 Å². The van der Waals surface area contributed by atoms with Crippen molar-refractivity contribution in [2.24, 2.45) is 0 Å². The number of nitrogens with one attached hydrogen (secondary N) is 2. The van der Waals surface area contributed by atoms with Gasteiger partial charge in [-0.05, 0) is 36.9 Å². The van der Waals surface area contributed by atoms with Crippen molar-refractivity contribution >= 4 is 39.2 Å². The van der Waals surface area contributed by atoms with E-state index in [1.807, 2.05) is 12.1 Å². The molecule has 4 rings (SSSR count). The highest BCUT2D eigenvalue weighted by Gasteiger charge is 2.14. The predicted molar refractivity (Wildman–Crippen MR) is 117 cm³/mol. The van der Waals surface area contributed by atoms with E-state index >= 15 is 0 Å². The molecule has 0 spiro atoms. The Balaban J connectivity index is 1.22. The van der Waals surface area contributed by atoms with Crippen LogP contribution in [0.4, 0.5) is 5.13 Å². The minimum Gasteiger partial charge on any atom is -0.469 e. The van der Waals surface area contributed by atoms with E-state index in [-0.39, 0.29) is 18.2 Å². The fraction of sp³-hybridized carbons (Fsp3) is 0.227. The largest absolute Gasteiger partial charge is 0.469 e. The van der Waals surface area contributed by atoms with Crippen LogP contribution in [0.2, 0.25) is 0 Å². The molecular formula is C22H22N4O3S. The standard InChI is InChI=1S/C22H22N4O3S/c1-15-18(8-12-29-15)21(28)25-22-24-17(14-30-22)13-20(27)23-9-4-10-26-11-7-16-5-2-3-6-19(16)26/h2-3,5-8,11-12,14H,4,9-10,13H2,1H3,(H,23,27)(H,24,25,28). The van der Waals surface area contributed by atoms with Crippen LogP contribution in [0.15, 0.2) is 58.7 Å². The molecular weight excluding hydrogens is 400 g/mol. The lowest BCUT2D eigenvalue weighted by Crippen LogP contribution is -2.26. The van der Waals surface area contributed by atoms with Gasteiger partial charge in [0.25, 0.3) is 5.91 Å². The summed E-state index contributed by atoms with van der Waals surface area (Å²) in [5.41, 5.74) is 2.31. The number of thiazole rings is 1. The molecule has 0 aliphatic heterocycles. The van der Waals surface area contributed by atoms with E-state index in [1.165, 1.54) is 28.5 Å². The molecule has 1 aromatic carbocycles. The molecule has 0 unspecified atom stereocenters. The Kier molecular flexibility index (Phi) is 5.94. The highest BCUT2D eigenvalue weighted by Crippen LogP contribution is 2.18. The summed E-state index contributed by atoms with van der Waals surface area (Å²) in [6.45, 7) is 3.16. The van der Waals surface area contributed by atoms with Crippen molar-refractivity contribution in [2.45, 2.75) is 26.3 Å². The van der Waals surface area contributed by atoms with Crippen molar-refractivity contribution in [3.63, 3.8) is 0 Å². The van der Waals surface area contributed by atoms with Crippen molar-refractivity contribution in [1.82, 2.24) is 14.9 Å². The van der Waals surface area contributed by atoms with E-state index < -0.39 is 0 Å². The Labute approximate surface area is 177 Å². The lowest BCUT2D eigenvalue weighted by molar-refractivity contribution is -0.120. The van der Waals surface area contributed by atoms with E-state index in [9.17, 15) is 9.59 Å². The molecule has 2 N–H and O–H groups in total. The highest BCUT2D eigenvalue weighted by atomic mass is 32.1. The number of amides is 2. The van der Waals surface area contributed by atoms with Crippen LogP contribution in [0.3, 0.4) is 0 Å². The molecule has 0 fully saturated rings. The van der Waals surface area contributed by atoms with Crippen LogP contribution in [0.5, 0.6) is 0 Å². The van der Waals surface area contributed by atoms with E-state index in [0.717, 1.165) is 13.0 Å². The second-order valence-electron chi connectivity index (χ2n) is 6.94. The SMILES string of the molecule is Cc1occc1C(=O)Nc1nc(CC(=O)NCCCn2ccc3ccccc32)cs1. The number of para-hydroxylation sites is 1. The zero-order chi connectivity index (χ0) is 20.9. The Morgan fingerprint density at radius 2 is 2.07 bits per heavy atom. The lowest BCUT2D eigenvalue weighted by Gasteiger charge is -2.07. The van der Waals surface area contributed by atoms with Gasteiger partial charge in [-0.15, -0.1) is 11.3 Å². The van der Waals surface area contributed by atoms with E-state index in [4.69, 9.17) is 4.42 Å². The first-order valence-electron chi connectivity index (χ1n) is 9.70. The Hall–Kier alpha value is -3.39. The first kappa shape index (κ1) is 19.9. The predicted octanol–water partition coefficient (Wildman–Crippen LogP) is 4.00. The maximum Gasteiger partial charge on any atom is 0.260 e. The highest BCUT2D eigenvalue weighted by molar-refractivity contribution is 7.14. The number of carbonyl (C=O) groups is 2. The van der Waals surface area contributed by atoms with Gasteiger partial charge in [0.1, 0.15) is 5.76 Å². The molecule has 0 aliphatic carbocycles. The number of nitrogens with zero attached hydrogens (tertiary/aromatic N) is 2. The third-order valence-electron chi connectivity index (χ3n) is 4.80. The second-order valence-corrected chi connectivity index (χ2v) is 7.79. The molecule has 0 saturated carbocycles. The van der Waals surface area contributed by atoms with Gasteiger partial charge in [-0.25, -0.2) is 4.98 Å². The quantitative estimate of drug-likeness (QED) is 0.420. The fourth-order valence-corrected chi connectivity index (χ4v) is 3.98. The van der Waals surface area contributed by atoms with Gasteiger partial charge >= 0.3 is 0 Å². The minimum atomic E-state index is -0.274. The van der Waals surface area contributed by atoms with Gasteiger partial charge in [0.05, 0.1) is 23.9 Å². The molecule has 3 aromatic heterocycles. The van der Waals surface area contributed by atoms with Gasteiger partial charge in [0, 0.05) is 30.2 Å². The van der Waals surface area contributed by atoms with Crippen molar-refractivity contribution in [3.05, 3.63) is 71.3 Å². The van der Waals surface area contributed by atoms with Crippen molar-refractivity contribution in [3.8, 4) is 0 Å². The summed E-state index contributed by atoms with van der Waals surface area (Å²) in [5, 5.41) is 9.13. The zero-order valence-electron chi connectivity index (χ0n) is 16.6. The molecule has 154 valence electrons. The van der Waals surface area contributed by atoms with E-state index in [2.05, 4.69) is 44.6 Å². The Morgan fingerprint density at radius 3 is 2.90 bits per heavy atom. The lowest BCUT2D eigenvalue weighted by atomic mass is 10.2. The number of fused-ring (bicyclic) bond motifs is 1. The molecule has 0 saturated heterocycles. The number of rotatable bonds is 8. The van der Waals surface area contributed by atoms with Gasteiger partial charge in [0.2, 0.25) is 5.91 Å². The second kappa shape index (κ2) is 8.96. The van der Waals surface area contributed by atoms with Gasteiger partial charge in [-0.3, -0.25) is 14.9 Å². The molecule has 0 bridgehead atoms. The summed E-state index contributed by atoms with van der Waals surface area (Å²) in [5.74, 6) is 0.196. The molecule has 3 heterocycles. The van der Waals surface area contributed by atoms with Crippen LogP contribution in [-0.4, -0.2) is 27.9 Å². The maximum atomic E-state index is 12.2. The number of hydrogen-bond donors (Lipinski definition) is 2. The summed E-state index contributed by atoms with van der Waals surface area (Å²) in [6.07, 6.45) is 4.57. The third kappa shape index (κ3) is 4.60. The van der Waals surface area contributed by atoms with Crippen LogP contribution in [0.1, 0.15) is 28.2 Å². The zero-order valence-corrected chi connectivity index (χ0v) is 17.4. The number of aromatic nitrogens is 2. The molecule has 0 atom stereocenters. The minimum absolute atomic E-state index is 0.0822.